The monoisotopic (exact) mass is 88.1 g/mol. The Balaban J connectivity index is 3.14. The van der Waals surface area contributed by atoms with E-state index in [0.29, 0.717) is 0 Å². The number of nitrogens with one attached hydrogen (secondary N) is 1. The summed E-state index contributed by atoms with van der Waals surface area (Å²) in [6.07, 6.45) is 0. The number of hydrazone groups is 1. The van der Waals surface area contributed by atoms with Crippen molar-refractivity contribution in [2.45, 2.75) is 0 Å². The van der Waals surface area contributed by atoms with Crippen molar-refractivity contribution in [1.29, 1.82) is 0 Å². The lowest BCUT2D eigenvalue weighted by atomic mass is 11.2. The number of rotatable bonds is 1. The van der Waals surface area contributed by atoms with E-state index in [9.17, 15) is 5.11 Å². The summed E-state index contributed by atoms with van der Waals surface area (Å²) in [5.74, 6) is 0. The number of nitrogens with two attached hydrogens (primary N) is 1. The molecule has 0 aliphatic heterocycles. The smallest absolute Gasteiger partial charge is 0.0713 e. The molecule has 0 unspecified atom stereocenters. The molecular formula is C2H6N3O-. The van der Waals surface area contributed by atoms with Crippen molar-refractivity contribution in [3.05, 3.63) is 0 Å². The topological polar surface area (TPSA) is 73.5 Å². The van der Waals surface area contributed by atoms with E-state index in [1.807, 2.05) is 0 Å². The van der Waals surface area contributed by atoms with E-state index in [1.54, 1.807) is 0 Å². The first-order valence-electron chi connectivity index (χ1n) is 1.44. The molecule has 4 heteroatoms. The van der Waals surface area contributed by atoms with Gasteiger partial charge in [-0.15, -0.1) is 0 Å². The number of nitrogens with zero attached hydrogens (tertiary/aromatic N) is 1. The van der Waals surface area contributed by atoms with Crippen LogP contribution in [0, 0.1) is 0 Å². The number of hydrogen-bond donors (Lipinski definition) is 2. The van der Waals surface area contributed by atoms with Crippen LogP contribution in [0.2, 0.25) is 0 Å². The molecule has 0 spiro atoms. The van der Waals surface area contributed by atoms with Gasteiger partial charge in [0.1, 0.15) is 0 Å². The lowest BCUT2D eigenvalue weighted by Gasteiger charge is -1.98. The van der Waals surface area contributed by atoms with Crippen molar-refractivity contribution < 1.29 is 5.11 Å². The van der Waals surface area contributed by atoms with Gasteiger partial charge in [0.15, 0.2) is 0 Å². The molecule has 0 rings (SSSR count). The third-order valence-corrected chi connectivity index (χ3v) is 0.222. The molecule has 6 heavy (non-hydrogen) atoms. The second-order valence-corrected chi connectivity index (χ2v) is 0.674. The van der Waals surface area contributed by atoms with Crippen molar-refractivity contribution >= 4 is 6.02 Å². The third-order valence-electron chi connectivity index (χ3n) is 0.222. The van der Waals surface area contributed by atoms with Crippen LogP contribution in [0.1, 0.15) is 0 Å². The quantitative estimate of drug-likeness (QED) is 0.217. The van der Waals surface area contributed by atoms with Gasteiger partial charge in [-0.25, -0.2) is 0 Å². The van der Waals surface area contributed by atoms with E-state index in [0.717, 1.165) is 0 Å². The average molecular weight is 88.1 g/mol. The summed E-state index contributed by atoms with van der Waals surface area (Å²) in [5.41, 5.74) is 6.75. The fraction of sp³-hybridized carbons (Fsp3) is 0.500. The van der Waals surface area contributed by atoms with Crippen LogP contribution in [0.25, 0.3) is 0 Å². The lowest BCUT2D eigenvalue weighted by Crippen LogP contribution is -2.29. The van der Waals surface area contributed by atoms with Crippen molar-refractivity contribution in [3.8, 4) is 0 Å². The first-order chi connectivity index (χ1) is 2.77. The fourth-order valence-corrected chi connectivity index (χ4v) is 0.110. The van der Waals surface area contributed by atoms with Crippen LogP contribution in [-0.2, 0) is 0 Å². The Morgan fingerprint density at radius 3 is 2.50 bits per heavy atom. The summed E-state index contributed by atoms with van der Waals surface area (Å²) in [5, 5.41) is 12.6. The molecule has 0 aromatic heterocycles. The molecule has 0 saturated carbocycles. The second kappa shape index (κ2) is 2.32. The highest BCUT2D eigenvalue weighted by Crippen LogP contribution is 1.41. The Hall–Kier alpha value is -0.930. The van der Waals surface area contributed by atoms with Gasteiger partial charge in [-0.05, 0) is 0 Å². The molecule has 0 bridgehead atoms. The average Bonchev–Trinajstić information content (AvgIpc) is 1.35. The lowest BCUT2D eigenvalue weighted by molar-refractivity contribution is -0.218. The van der Waals surface area contributed by atoms with Gasteiger partial charge in [0.25, 0.3) is 0 Å². The van der Waals surface area contributed by atoms with Gasteiger partial charge >= 0.3 is 0 Å². The zero-order valence-corrected chi connectivity index (χ0v) is 3.43. The van der Waals surface area contributed by atoms with Gasteiger partial charge in [-0.2, -0.15) is 5.10 Å². The maximum Gasteiger partial charge on any atom is 0.0713 e. The Morgan fingerprint density at radius 2 is 2.50 bits per heavy atom. The molecule has 0 radical (unpaired) electrons. The van der Waals surface area contributed by atoms with Crippen molar-refractivity contribution in [2.75, 3.05) is 7.05 Å². The minimum atomic E-state index is -0.697. The van der Waals surface area contributed by atoms with Crippen molar-refractivity contribution in [1.82, 2.24) is 5.43 Å². The van der Waals surface area contributed by atoms with Crippen LogP contribution in [-0.4, -0.2) is 13.1 Å². The molecule has 0 fully saturated rings. The van der Waals surface area contributed by atoms with Gasteiger partial charge in [0, 0.05) is 7.05 Å². The van der Waals surface area contributed by atoms with Crippen molar-refractivity contribution in [3.63, 3.8) is 0 Å². The van der Waals surface area contributed by atoms with E-state index in [2.05, 4.69) is 16.3 Å². The zero-order chi connectivity index (χ0) is 4.99. The fourth-order valence-electron chi connectivity index (χ4n) is 0.110. The van der Waals surface area contributed by atoms with Gasteiger partial charge in [-0.1, -0.05) is 0 Å². The molecule has 0 heterocycles. The molecule has 0 aliphatic rings. The highest BCUT2D eigenvalue weighted by atomic mass is 16.3. The first kappa shape index (κ1) is 5.07. The SMILES string of the molecule is CNN=C(N)[O-]. The van der Waals surface area contributed by atoms with Gasteiger partial charge in [0.2, 0.25) is 0 Å². The van der Waals surface area contributed by atoms with E-state index in [1.165, 1.54) is 7.05 Å². The van der Waals surface area contributed by atoms with Crippen LogP contribution < -0.4 is 16.3 Å². The molecule has 0 aromatic rings. The maximum absolute atomic E-state index is 9.59. The highest BCUT2D eigenvalue weighted by molar-refractivity contribution is 5.65. The molecule has 0 aliphatic carbocycles. The van der Waals surface area contributed by atoms with E-state index < -0.39 is 6.02 Å². The number of hydrogen-bond acceptors (Lipinski definition) is 3. The largest absolute Gasteiger partial charge is 0.845 e. The Labute approximate surface area is 35.7 Å². The Kier molecular flexibility index (Phi) is 1.96. The molecule has 4 nitrogen and oxygen atoms in total. The molecule has 0 atom stereocenters. The Bertz CT molecular complexity index is 55.8. The summed E-state index contributed by atoms with van der Waals surface area (Å²) < 4.78 is 0. The van der Waals surface area contributed by atoms with Crippen LogP contribution >= 0.6 is 0 Å². The van der Waals surface area contributed by atoms with Crippen molar-refractivity contribution in [2.24, 2.45) is 10.8 Å². The highest BCUT2D eigenvalue weighted by Gasteiger charge is 1.56. The number of amidine groups is 1. The van der Waals surface area contributed by atoms with E-state index >= 15 is 0 Å². The minimum absolute atomic E-state index is 0.697. The summed E-state index contributed by atoms with van der Waals surface area (Å²) in [6, 6.07) is -0.697. The summed E-state index contributed by atoms with van der Waals surface area (Å²) in [6.45, 7) is 0. The standard InChI is InChI=1S/C2H7N3O/c1-4-5-2(3)6/h4H,1H3,(H3,3,5,6)/p-1. The van der Waals surface area contributed by atoms with Gasteiger partial charge in [-0.3, -0.25) is 0 Å². The molecule has 0 amide bonds. The normalized spacial score (nSPS) is 11.2. The van der Waals surface area contributed by atoms with Crippen LogP contribution in [0.15, 0.2) is 5.10 Å². The molecule has 0 saturated heterocycles. The molecule has 36 valence electrons. The summed E-state index contributed by atoms with van der Waals surface area (Å²) in [7, 11) is 1.50. The predicted molar refractivity (Wildman–Crippen MR) is 20.7 cm³/mol. The van der Waals surface area contributed by atoms with Crippen LogP contribution in [0.3, 0.4) is 0 Å². The summed E-state index contributed by atoms with van der Waals surface area (Å²) >= 11 is 0. The molecule has 3 N–H and O–H groups in total. The van der Waals surface area contributed by atoms with Gasteiger partial charge < -0.3 is 16.3 Å². The molecule has 0 aromatic carbocycles. The first-order valence-corrected chi connectivity index (χ1v) is 1.44. The Morgan fingerprint density at radius 1 is 2.00 bits per heavy atom. The minimum Gasteiger partial charge on any atom is -0.845 e. The maximum atomic E-state index is 9.59. The molecular weight excluding hydrogens is 82.0 g/mol. The van der Waals surface area contributed by atoms with Gasteiger partial charge in [0.05, 0.1) is 6.02 Å². The summed E-state index contributed by atoms with van der Waals surface area (Å²) in [4.78, 5) is 0. The van der Waals surface area contributed by atoms with E-state index in [4.69, 9.17) is 0 Å². The second-order valence-electron chi connectivity index (χ2n) is 0.674. The zero-order valence-electron chi connectivity index (χ0n) is 3.43. The predicted octanol–water partition coefficient (Wildman–Crippen LogP) is -2.20. The van der Waals surface area contributed by atoms with Crippen LogP contribution in [0.5, 0.6) is 0 Å². The van der Waals surface area contributed by atoms with E-state index in [-0.39, 0.29) is 0 Å². The van der Waals surface area contributed by atoms with Crippen LogP contribution in [0.4, 0.5) is 0 Å². The third kappa shape index (κ3) is 3.07.